The molecule has 1 fully saturated rings. The minimum absolute atomic E-state index is 1.05. The molecule has 1 rings (SSSR count). The Morgan fingerprint density at radius 1 is 1.17 bits per heavy atom. The smallest absolute Gasteiger partial charge is 0.00217 e. The molecular weight excluding hydrogens is 146 g/mol. The third-order valence-corrected chi connectivity index (χ3v) is 3.00. The van der Waals surface area contributed by atoms with E-state index < -0.39 is 0 Å². The van der Waals surface area contributed by atoms with E-state index in [0.717, 1.165) is 5.92 Å². The van der Waals surface area contributed by atoms with Gasteiger partial charge in [0.15, 0.2) is 0 Å². The van der Waals surface area contributed by atoms with Crippen LogP contribution in [-0.4, -0.2) is 25.0 Å². The van der Waals surface area contributed by atoms with Gasteiger partial charge in [0.05, 0.1) is 0 Å². The van der Waals surface area contributed by atoms with Gasteiger partial charge in [0, 0.05) is 0 Å². The summed E-state index contributed by atoms with van der Waals surface area (Å²) in [5, 5.41) is 0. The number of hydrogen-bond donors (Lipinski definition) is 0. The monoisotopic (exact) mass is 169 g/mol. The molecule has 12 heavy (non-hydrogen) atoms. The molecule has 0 amide bonds. The highest BCUT2D eigenvalue weighted by Crippen LogP contribution is 2.21. The zero-order chi connectivity index (χ0) is 8.81. The molecule has 1 saturated heterocycles. The van der Waals surface area contributed by atoms with Crippen molar-refractivity contribution in [1.29, 1.82) is 0 Å². The molecule has 0 aromatic rings. The molecule has 1 aliphatic heterocycles. The van der Waals surface area contributed by atoms with E-state index in [2.05, 4.69) is 18.9 Å². The van der Waals surface area contributed by atoms with Crippen LogP contribution in [0.5, 0.6) is 0 Å². The topological polar surface area (TPSA) is 3.24 Å². The maximum Gasteiger partial charge on any atom is -0.00217 e. The molecule has 0 unspecified atom stereocenters. The van der Waals surface area contributed by atoms with E-state index in [0.29, 0.717) is 0 Å². The lowest BCUT2D eigenvalue weighted by Gasteiger charge is -2.24. The summed E-state index contributed by atoms with van der Waals surface area (Å²) in [5.74, 6) is 1.05. The van der Waals surface area contributed by atoms with E-state index in [1.54, 1.807) is 0 Å². The quantitative estimate of drug-likeness (QED) is 0.614. The van der Waals surface area contributed by atoms with Gasteiger partial charge in [0.1, 0.15) is 0 Å². The molecule has 0 aliphatic carbocycles. The molecule has 0 N–H and O–H groups in total. The van der Waals surface area contributed by atoms with Gasteiger partial charge in [-0.3, -0.25) is 0 Å². The van der Waals surface area contributed by atoms with Crippen LogP contribution in [0, 0.1) is 5.92 Å². The average molecular weight is 169 g/mol. The zero-order valence-corrected chi connectivity index (χ0v) is 8.68. The summed E-state index contributed by atoms with van der Waals surface area (Å²) < 4.78 is 0. The third-order valence-electron chi connectivity index (χ3n) is 3.00. The van der Waals surface area contributed by atoms with E-state index in [9.17, 15) is 0 Å². The van der Waals surface area contributed by atoms with Crippen molar-refractivity contribution < 1.29 is 0 Å². The van der Waals surface area contributed by atoms with Crippen molar-refractivity contribution in [1.82, 2.24) is 4.90 Å². The molecule has 0 aromatic heterocycles. The van der Waals surface area contributed by atoms with Gasteiger partial charge in [0.25, 0.3) is 0 Å². The summed E-state index contributed by atoms with van der Waals surface area (Å²) in [6, 6.07) is 0. The Hall–Kier alpha value is -0.0400. The van der Waals surface area contributed by atoms with Crippen LogP contribution >= 0.6 is 0 Å². The Morgan fingerprint density at radius 2 is 1.75 bits per heavy atom. The molecule has 0 atom stereocenters. The molecule has 72 valence electrons. The number of hydrogen-bond acceptors (Lipinski definition) is 1. The molecule has 1 heterocycles. The van der Waals surface area contributed by atoms with Gasteiger partial charge in [-0.05, 0) is 51.7 Å². The first-order valence-corrected chi connectivity index (χ1v) is 5.51. The highest BCUT2D eigenvalue weighted by Gasteiger charge is 2.11. The summed E-state index contributed by atoms with van der Waals surface area (Å²) in [5.41, 5.74) is 0. The van der Waals surface area contributed by atoms with E-state index in [1.165, 1.54) is 51.6 Å². The molecule has 0 radical (unpaired) electrons. The van der Waals surface area contributed by atoms with Crippen LogP contribution in [0.15, 0.2) is 0 Å². The van der Waals surface area contributed by atoms with Crippen molar-refractivity contribution >= 4 is 0 Å². The first-order chi connectivity index (χ1) is 5.83. The van der Waals surface area contributed by atoms with Gasteiger partial charge in [0.2, 0.25) is 0 Å². The normalized spacial score (nSPS) is 23.5. The molecular formula is C11H23N. The summed E-state index contributed by atoms with van der Waals surface area (Å²) in [4.78, 5) is 2.47. The Labute approximate surface area is 77.1 Å². The summed E-state index contributed by atoms with van der Waals surface area (Å²) in [6.07, 6.45) is 8.61. The van der Waals surface area contributed by atoms with Crippen molar-refractivity contribution in [2.75, 3.05) is 20.1 Å². The van der Waals surface area contributed by atoms with Gasteiger partial charge >= 0.3 is 0 Å². The van der Waals surface area contributed by atoms with Gasteiger partial charge in [-0.1, -0.05) is 19.8 Å². The second kappa shape index (κ2) is 5.58. The van der Waals surface area contributed by atoms with E-state index in [1.807, 2.05) is 0 Å². The summed E-state index contributed by atoms with van der Waals surface area (Å²) in [6.45, 7) is 4.95. The van der Waals surface area contributed by atoms with E-state index in [4.69, 9.17) is 0 Å². The van der Waals surface area contributed by atoms with Crippen molar-refractivity contribution in [3.8, 4) is 0 Å². The molecule has 1 nitrogen and oxygen atoms in total. The van der Waals surface area contributed by atoms with Crippen LogP contribution in [0.1, 0.15) is 45.4 Å². The Bertz CT molecular complexity index is 102. The van der Waals surface area contributed by atoms with Gasteiger partial charge in [-0.25, -0.2) is 0 Å². The first kappa shape index (κ1) is 10.0. The van der Waals surface area contributed by atoms with Crippen LogP contribution in [0.3, 0.4) is 0 Å². The Kier molecular flexibility index (Phi) is 4.67. The lowest BCUT2D eigenvalue weighted by Crippen LogP contribution is -2.24. The number of likely N-dealkylation sites (tertiary alicyclic amines) is 1. The summed E-state index contributed by atoms with van der Waals surface area (Å²) >= 11 is 0. The second-order valence-electron chi connectivity index (χ2n) is 4.24. The van der Waals surface area contributed by atoms with Crippen LogP contribution in [0.25, 0.3) is 0 Å². The number of rotatable bonds is 2. The highest BCUT2D eigenvalue weighted by atomic mass is 15.1. The molecule has 0 spiro atoms. The van der Waals surface area contributed by atoms with Gasteiger partial charge < -0.3 is 4.90 Å². The average Bonchev–Trinajstić information content (AvgIpc) is 2.00. The van der Waals surface area contributed by atoms with Gasteiger partial charge in [-0.2, -0.15) is 0 Å². The molecule has 0 bridgehead atoms. The fourth-order valence-corrected chi connectivity index (χ4v) is 2.25. The third kappa shape index (κ3) is 3.57. The SMILES string of the molecule is CCCC1CCCN(C)CCC1. The van der Waals surface area contributed by atoms with Crippen molar-refractivity contribution in [2.45, 2.75) is 45.4 Å². The van der Waals surface area contributed by atoms with Crippen LogP contribution in [0.2, 0.25) is 0 Å². The second-order valence-corrected chi connectivity index (χ2v) is 4.24. The van der Waals surface area contributed by atoms with Crippen LogP contribution in [-0.2, 0) is 0 Å². The maximum absolute atomic E-state index is 2.47. The van der Waals surface area contributed by atoms with Crippen LogP contribution in [0.4, 0.5) is 0 Å². The van der Waals surface area contributed by atoms with Gasteiger partial charge in [-0.15, -0.1) is 0 Å². The Morgan fingerprint density at radius 3 is 2.25 bits per heavy atom. The molecule has 0 aromatic carbocycles. The standard InChI is InChI=1S/C11H23N/c1-3-6-11-7-4-9-12(2)10-5-8-11/h11H,3-10H2,1-2H3. The van der Waals surface area contributed by atoms with Crippen molar-refractivity contribution in [3.63, 3.8) is 0 Å². The lowest BCUT2D eigenvalue weighted by atomic mass is 9.92. The first-order valence-electron chi connectivity index (χ1n) is 5.51. The van der Waals surface area contributed by atoms with Crippen molar-refractivity contribution in [2.24, 2.45) is 5.92 Å². The fraction of sp³-hybridized carbons (Fsp3) is 1.00. The molecule has 1 aliphatic rings. The van der Waals surface area contributed by atoms with E-state index >= 15 is 0 Å². The maximum atomic E-state index is 2.47. The fourth-order valence-electron chi connectivity index (χ4n) is 2.25. The minimum Gasteiger partial charge on any atom is -0.306 e. The lowest BCUT2D eigenvalue weighted by molar-refractivity contribution is 0.256. The minimum atomic E-state index is 1.05. The number of nitrogens with zero attached hydrogens (tertiary/aromatic N) is 1. The molecule has 0 saturated carbocycles. The zero-order valence-electron chi connectivity index (χ0n) is 8.68. The van der Waals surface area contributed by atoms with E-state index in [-0.39, 0.29) is 0 Å². The largest absolute Gasteiger partial charge is 0.306 e. The molecule has 1 heteroatoms. The summed E-state index contributed by atoms with van der Waals surface area (Å²) in [7, 11) is 2.25. The van der Waals surface area contributed by atoms with Crippen LogP contribution < -0.4 is 0 Å². The Balaban J connectivity index is 2.20. The van der Waals surface area contributed by atoms with Crippen molar-refractivity contribution in [3.05, 3.63) is 0 Å². The highest BCUT2D eigenvalue weighted by molar-refractivity contribution is 4.65. The predicted octanol–water partition coefficient (Wildman–Crippen LogP) is 2.91. The predicted molar refractivity (Wildman–Crippen MR) is 54.4 cm³/mol.